The van der Waals surface area contributed by atoms with E-state index in [9.17, 15) is 4.79 Å². The fourth-order valence-electron chi connectivity index (χ4n) is 3.50. The van der Waals surface area contributed by atoms with Gasteiger partial charge in [-0.1, -0.05) is 23.7 Å². The zero-order chi connectivity index (χ0) is 13.6. The fourth-order valence-corrected chi connectivity index (χ4v) is 3.71. The third-order valence-electron chi connectivity index (χ3n) is 4.43. The highest BCUT2D eigenvalue weighted by Crippen LogP contribution is 2.37. The number of hydrogen-bond donors (Lipinski definition) is 1. The van der Waals surface area contributed by atoms with E-state index in [1.165, 1.54) is 0 Å². The first-order chi connectivity index (χ1) is 9.08. The Balaban J connectivity index is 1.91. The molecule has 0 aliphatic carbocycles. The standard InChI is InChI=1S/C15H19ClN2O/c1-9-3-2-4-13(14(9)16)15(19)18-11-5-6-12(18)8-10(17)7-11/h2-4,10-12H,5-8,17H2,1H3. The smallest absolute Gasteiger partial charge is 0.255 e. The summed E-state index contributed by atoms with van der Waals surface area (Å²) in [4.78, 5) is 14.8. The number of hydrogen-bond acceptors (Lipinski definition) is 2. The van der Waals surface area contributed by atoms with Crippen LogP contribution in [0.25, 0.3) is 0 Å². The Morgan fingerprint density at radius 3 is 2.58 bits per heavy atom. The van der Waals surface area contributed by atoms with E-state index in [0.717, 1.165) is 31.2 Å². The molecule has 2 saturated heterocycles. The average Bonchev–Trinajstić information content (AvgIpc) is 2.64. The lowest BCUT2D eigenvalue weighted by molar-refractivity contribution is 0.0575. The lowest BCUT2D eigenvalue weighted by Crippen LogP contribution is -2.50. The van der Waals surface area contributed by atoms with Crippen LogP contribution in [0.4, 0.5) is 0 Å². The van der Waals surface area contributed by atoms with E-state index < -0.39 is 0 Å². The number of nitrogens with zero attached hydrogens (tertiary/aromatic N) is 1. The van der Waals surface area contributed by atoms with Crippen molar-refractivity contribution in [1.82, 2.24) is 4.90 Å². The van der Waals surface area contributed by atoms with Crippen molar-refractivity contribution in [3.05, 3.63) is 34.3 Å². The molecule has 2 fully saturated rings. The number of fused-ring (bicyclic) bond motifs is 2. The Morgan fingerprint density at radius 1 is 1.32 bits per heavy atom. The number of rotatable bonds is 1. The number of halogens is 1. The number of nitrogens with two attached hydrogens (primary N) is 1. The van der Waals surface area contributed by atoms with Crippen molar-refractivity contribution < 1.29 is 4.79 Å². The molecule has 1 amide bonds. The van der Waals surface area contributed by atoms with Crippen LogP contribution in [0.5, 0.6) is 0 Å². The van der Waals surface area contributed by atoms with Crippen LogP contribution in [0, 0.1) is 6.92 Å². The summed E-state index contributed by atoms with van der Waals surface area (Å²) >= 11 is 6.28. The second kappa shape index (κ2) is 4.80. The molecule has 0 aromatic heterocycles. The van der Waals surface area contributed by atoms with Crippen LogP contribution in [-0.2, 0) is 0 Å². The van der Waals surface area contributed by atoms with E-state index in [-0.39, 0.29) is 11.9 Å². The van der Waals surface area contributed by atoms with Crippen LogP contribution in [0.1, 0.15) is 41.6 Å². The van der Waals surface area contributed by atoms with Gasteiger partial charge in [-0.3, -0.25) is 4.79 Å². The van der Waals surface area contributed by atoms with E-state index in [1.54, 1.807) is 0 Å². The molecule has 3 rings (SSSR count). The van der Waals surface area contributed by atoms with Gasteiger partial charge in [0.2, 0.25) is 0 Å². The highest BCUT2D eigenvalue weighted by molar-refractivity contribution is 6.34. The summed E-state index contributed by atoms with van der Waals surface area (Å²) in [5, 5.41) is 0.585. The minimum Gasteiger partial charge on any atom is -0.333 e. The Morgan fingerprint density at radius 2 is 1.95 bits per heavy atom. The second-order valence-corrected chi connectivity index (χ2v) is 6.14. The van der Waals surface area contributed by atoms with Gasteiger partial charge in [0.05, 0.1) is 10.6 Å². The SMILES string of the molecule is Cc1cccc(C(=O)N2C3CCC2CC(N)C3)c1Cl. The van der Waals surface area contributed by atoms with E-state index >= 15 is 0 Å². The third-order valence-corrected chi connectivity index (χ3v) is 4.93. The minimum absolute atomic E-state index is 0.0769. The molecule has 2 aliphatic heterocycles. The molecular formula is C15H19ClN2O. The summed E-state index contributed by atoms with van der Waals surface area (Å²) in [7, 11) is 0. The molecule has 4 heteroatoms. The summed E-state index contributed by atoms with van der Waals surface area (Å²) in [6.45, 7) is 1.93. The van der Waals surface area contributed by atoms with Crippen LogP contribution in [0.3, 0.4) is 0 Å². The Kier molecular flexibility index (Phi) is 3.27. The first-order valence-electron chi connectivity index (χ1n) is 6.91. The quantitative estimate of drug-likeness (QED) is 0.859. The predicted octanol–water partition coefficient (Wildman–Crippen LogP) is 2.74. The highest BCUT2D eigenvalue weighted by Gasteiger charge is 2.42. The molecule has 0 radical (unpaired) electrons. The molecule has 3 nitrogen and oxygen atoms in total. The minimum atomic E-state index is 0.0769. The number of benzene rings is 1. The summed E-state index contributed by atoms with van der Waals surface area (Å²) in [6.07, 6.45) is 4.00. The Bertz CT molecular complexity index is 503. The van der Waals surface area contributed by atoms with Gasteiger partial charge >= 0.3 is 0 Å². The number of carbonyl (C=O) groups is 1. The van der Waals surface area contributed by atoms with Crippen LogP contribution < -0.4 is 5.73 Å². The van der Waals surface area contributed by atoms with Crippen molar-refractivity contribution in [1.29, 1.82) is 0 Å². The zero-order valence-electron chi connectivity index (χ0n) is 11.1. The molecular weight excluding hydrogens is 260 g/mol. The van der Waals surface area contributed by atoms with Gasteiger partial charge in [0, 0.05) is 18.1 Å². The number of aryl methyl sites for hydroxylation is 1. The molecule has 2 bridgehead atoms. The largest absolute Gasteiger partial charge is 0.333 e. The number of amides is 1. The highest BCUT2D eigenvalue weighted by atomic mass is 35.5. The Labute approximate surface area is 118 Å². The predicted molar refractivity (Wildman–Crippen MR) is 76.4 cm³/mol. The van der Waals surface area contributed by atoms with Crippen molar-refractivity contribution in [2.75, 3.05) is 0 Å². The van der Waals surface area contributed by atoms with Crippen molar-refractivity contribution in [3.63, 3.8) is 0 Å². The average molecular weight is 279 g/mol. The van der Waals surface area contributed by atoms with Gasteiger partial charge in [0.15, 0.2) is 0 Å². The summed E-state index contributed by atoms with van der Waals surface area (Å²) in [5.41, 5.74) is 7.63. The van der Waals surface area contributed by atoms with Crippen LogP contribution in [-0.4, -0.2) is 28.9 Å². The number of carbonyl (C=O) groups excluding carboxylic acids is 1. The van der Waals surface area contributed by atoms with Gasteiger partial charge in [0.25, 0.3) is 5.91 Å². The Hall–Kier alpha value is -1.06. The molecule has 19 heavy (non-hydrogen) atoms. The van der Waals surface area contributed by atoms with Crippen LogP contribution in [0.15, 0.2) is 18.2 Å². The summed E-state index contributed by atoms with van der Waals surface area (Å²) in [5.74, 6) is 0.0769. The second-order valence-electron chi connectivity index (χ2n) is 5.77. The maximum Gasteiger partial charge on any atom is 0.255 e. The third kappa shape index (κ3) is 2.15. The van der Waals surface area contributed by atoms with Gasteiger partial charge < -0.3 is 10.6 Å². The van der Waals surface area contributed by atoms with E-state index in [2.05, 4.69) is 0 Å². The maximum absolute atomic E-state index is 12.7. The van der Waals surface area contributed by atoms with Gasteiger partial charge in [-0.05, 0) is 44.2 Å². The van der Waals surface area contributed by atoms with Crippen molar-refractivity contribution in [2.45, 2.75) is 50.7 Å². The molecule has 102 valence electrons. The normalized spacial score (nSPS) is 29.6. The topological polar surface area (TPSA) is 46.3 Å². The van der Waals surface area contributed by atoms with E-state index in [1.807, 2.05) is 30.0 Å². The first-order valence-corrected chi connectivity index (χ1v) is 7.29. The molecule has 0 spiro atoms. The maximum atomic E-state index is 12.7. The van der Waals surface area contributed by atoms with Crippen molar-refractivity contribution in [2.24, 2.45) is 5.73 Å². The van der Waals surface area contributed by atoms with Crippen molar-refractivity contribution in [3.8, 4) is 0 Å². The summed E-state index contributed by atoms with van der Waals surface area (Å²) in [6, 6.07) is 6.50. The summed E-state index contributed by atoms with van der Waals surface area (Å²) < 4.78 is 0. The zero-order valence-corrected chi connectivity index (χ0v) is 11.9. The number of piperidine rings is 1. The monoisotopic (exact) mass is 278 g/mol. The molecule has 2 N–H and O–H groups in total. The molecule has 1 aromatic carbocycles. The van der Waals surface area contributed by atoms with Gasteiger partial charge in [-0.25, -0.2) is 0 Å². The molecule has 2 atom stereocenters. The van der Waals surface area contributed by atoms with Gasteiger partial charge in [-0.15, -0.1) is 0 Å². The van der Waals surface area contributed by atoms with E-state index in [4.69, 9.17) is 17.3 Å². The van der Waals surface area contributed by atoms with Crippen LogP contribution >= 0.6 is 11.6 Å². The van der Waals surface area contributed by atoms with Gasteiger partial charge in [0.1, 0.15) is 0 Å². The molecule has 1 aromatic rings. The first kappa shape index (κ1) is 12.9. The van der Waals surface area contributed by atoms with Gasteiger partial charge in [-0.2, -0.15) is 0 Å². The molecule has 2 aliphatic rings. The fraction of sp³-hybridized carbons (Fsp3) is 0.533. The van der Waals surface area contributed by atoms with E-state index in [0.29, 0.717) is 22.7 Å². The molecule has 0 saturated carbocycles. The molecule has 2 unspecified atom stereocenters. The lowest BCUT2D eigenvalue weighted by atomic mass is 9.97. The lowest BCUT2D eigenvalue weighted by Gasteiger charge is -2.38. The molecule has 2 heterocycles. The van der Waals surface area contributed by atoms with Crippen LogP contribution in [0.2, 0.25) is 5.02 Å². The van der Waals surface area contributed by atoms with Crippen molar-refractivity contribution >= 4 is 17.5 Å².